The first kappa shape index (κ1) is 6.99. The van der Waals surface area contributed by atoms with E-state index in [0.717, 1.165) is 13.2 Å². The second-order valence-electron chi connectivity index (χ2n) is 2.48. The second kappa shape index (κ2) is 3.15. The Morgan fingerprint density at radius 3 is 2.11 bits per heavy atom. The molecule has 0 amide bonds. The zero-order chi connectivity index (χ0) is 6.69. The van der Waals surface area contributed by atoms with Crippen molar-refractivity contribution in [2.45, 2.75) is 6.04 Å². The van der Waals surface area contributed by atoms with Crippen molar-refractivity contribution in [3.05, 3.63) is 0 Å². The maximum Gasteiger partial charge on any atom is 0.146 e. The lowest BCUT2D eigenvalue weighted by atomic mass is 10.3. The van der Waals surface area contributed by atoms with Crippen LogP contribution in [0.25, 0.3) is 0 Å². The van der Waals surface area contributed by atoms with Crippen molar-refractivity contribution in [1.29, 1.82) is 0 Å². The van der Waals surface area contributed by atoms with Crippen LogP contribution in [0.1, 0.15) is 0 Å². The SMILES string of the molecule is CN(C)C1COCOC1. The average molecular weight is 131 g/mol. The van der Waals surface area contributed by atoms with E-state index in [4.69, 9.17) is 9.47 Å². The van der Waals surface area contributed by atoms with Gasteiger partial charge in [-0.3, -0.25) is 0 Å². The maximum atomic E-state index is 5.08. The molecule has 0 aliphatic carbocycles. The van der Waals surface area contributed by atoms with E-state index in [1.165, 1.54) is 0 Å². The van der Waals surface area contributed by atoms with Crippen LogP contribution in [0.4, 0.5) is 0 Å². The molecule has 0 spiro atoms. The summed E-state index contributed by atoms with van der Waals surface area (Å²) in [4.78, 5) is 2.11. The molecule has 0 N–H and O–H groups in total. The number of hydrogen-bond acceptors (Lipinski definition) is 3. The molecule has 1 fully saturated rings. The van der Waals surface area contributed by atoms with Crippen LogP contribution in [0.15, 0.2) is 0 Å². The lowest BCUT2D eigenvalue weighted by Gasteiger charge is -2.27. The molecule has 1 aliphatic rings. The van der Waals surface area contributed by atoms with Crippen molar-refractivity contribution >= 4 is 0 Å². The van der Waals surface area contributed by atoms with E-state index in [0.29, 0.717) is 12.8 Å². The summed E-state index contributed by atoms with van der Waals surface area (Å²) in [6.07, 6.45) is 0. The molecule has 9 heavy (non-hydrogen) atoms. The third kappa shape index (κ3) is 1.93. The number of hydrogen-bond donors (Lipinski definition) is 0. The van der Waals surface area contributed by atoms with Gasteiger partial charge in [0.25, 0.3) is 0 Å². The van der Waals surface area contributed by atoms with Crippen molar-refractivity contribution < 1.29 is 9.47 Å². The Labute approximate surface area is 55.5 Å². The minimum atomic E-state index is 0.443. The molecule has 0 aromatic rings. The molecule has 0 bridgehead atoms. The van der Waals surface area contributed by atoms with E-state index in [-0.39, 0.29) is 0 Å². The van der Waals surface area contributed by atoms with Crippen LogP contribution in [0.2, 0.25) is 0 Å². The topological polar surface area (TPSA) is 21.7 Å². The molecule has 0 aromatic heterocycles. The summed E-state index contributed by atoms with van der Waals surface area (Å²) < 4.78 is 10.2. The largest absolute Gasteiger partial charge is 0.354 e. The van der Waals surface area contributed by atoms with Gasteiger partial charge in [-0.25, -0.2) is 0 Å². The summed E-state index contributed by atoms with van der Waals surface area (Å²) in [5, 5.41) is 0. The smallest absolute Gasteiger partial charge is 0.146 e. The predicted octanol–water partition coefficient (Wildman–Crippen LogP) is -0.0791. The molecule has 3 nitrogen and oxygen atoms in total. The second-order valence-corrected chi connectivity index (χ2v) is 2.48. The first-order valence-corrected chi connectivity index (χ1v) is 3.12. The predicted molar refractivity (Wildman–Crippen MR) is 34.2 cm³/mol. The highest BCUT2D eigenvalue weighted by molar-refractivity contribution is 4.65. The van der Waals surface area contributed by atoms with Crippen LogP contribution in [0.3, 0.4) is 0 Å². The normalized spacial score (nSPS) is 23.0. The average Bonchev–Trinajstić information content (AvgIpc) is 1.90. The standard InChI is InChI=1S/C6H13NO2/c1-7(2)6-3-8-5-9-4-6/h6H,3-5H2,1-2H3. The molecular weight excluding hydrogens is 118 g/mol. The fraction of sp³-hybridized carbons (Fsp3) is 1.00. The van der Waals surface area contributed by atoms with Gasteiger partial charge in [-0.1, -0.05) is 0 Å². The van der Waals surface area contributed by atoms with Gasteiger partial charge < -0.3 is 14.4 Å². The van der Waals surface area contributed by atoms with Crippen LogP contribution in [-0.2, 0) is 9.47 Å². The van der Waals surface area contributed by atoms with Crippen molar-refractivity contribution in [2.75, 3.05) is 34.1 Å². The van der Waals surface area contributed by atoms with Gasteiger partial charge in [0, 0.05) is 0 Å². The first-order valence-electron chi connectivity index (χ1n) is 3.12. The monoisotopic (exact) mass is 131 g/mol. The highest BCUT2D eigenvalue weighted by atomic mass is 16.7. The highest BCUT2D eigenvalue weighted by Gasteiger charge is 2.15. The van der Waals surface area contributed by atoms with Gasteiger partial charge in [0.05, 0.1) is 19.3 Å². The highest BCUT2D eigenvalue weighted by Crippen LogP contribution is 2.00. The van der Waals surface area contributed by atoms with E-state index in [1.807, 2.05) is 14.1 Å². The van der Waals surface area contributed by atoms with Crippen molar-refractivity contribution in [2.24, 2.45) is 0 Å². The Morgan fingerprint density at radius 1 is 1.22 bits per heavy atom. The zero-order valence-electron chi connectivity index (χ0n) is 5.96. The van der Waals surface area contributed by atoms with E-state index in [9.17, 15) is 0 Å². The summed E-state index contributed by atoms with van der Waals surface area (Å²) in [5.41, 5.74) is 0. The maximum absolute atomic E-state index is 5.08. The van der Waals surface area contributed by atoms with E-state index in [1.54, 1.807) is 0 Å². The van der Waals surface area contributed by atoms with Gasteiger partial charge in [-0.15, -0.1) is 0 Å². The lowest BCUT2D eigenvalue weighted by molar-refractivity contribution is -0.129. The summed E-state index contributed by atoms with van der Waals surface area (Å²) in [7, 11) is 4.06. The zero-order valence-corrected chi connectivity index (χ0v) is 5.96. The molecule has 1 rings (SSSR count). The van der Waals surface area contributed by atoms with Gasteiger partial charge >= 0.3 is 0 Å². The van der Waals surface area contributed by atoms with Crippen LogP contribution in [0, 0.1) is 0 Å². The van der Waals surface area contributed by atoms with Gasteiger partial charge in [-0.2, -0.15) is 0 Å². The summed E-state index contributed by atoms with van der Waals surface area (Å²) in [5.74, 6) is 0. The molecule has 0 atom stereocenters. The fourth-order valence-corrected chi connectivity index (χ4v) is 0.773. The lowest BCUT2D eigenvalue weighted by Crippen LogP contribution is -2.40. The molecule has 1 saturated heterocycles. The summed E-state index contributed by atoms with van der Waals surface area (Å²) in [6, 6.07) is 0.443. The van der Waals surface area contributed by atoms with Crippen LogP contribution >= 0.6 is 0 Å². The van der Waals surface area contributed by atoms with E-state index >= 15 is 0 Å². The van der Waals surface area contributed by atoms with Gasteiger partial charge in [0.15, 0.2) is 0 Å². The first-order chi connectivity index (χ1) is 4.30. The molecule has 1 heterocycles. The van der Waals surface area contributed by atoms with Gasteiger partial charge in [0.2, 0.25) is 0 Å². The van der Waals surface area contributed by atoms with Crippen molar-refractivity contribution in [3.8, 4) is 0 Å². The Kier molecular flexibility index (Phi) is 2.45. The van der Waals surface area contributed by atoms with E-state index in [2.05, 4.69) is 4.90 Å². The number of ether oxygens (including phenoxy) is 2. The minimum absolute atomic E-state index is 0.443. The molecule has 0 unspecified atom stereocenters. The number of likely N-dealkylation sites (N-methyl/N-ethyl adjacent to an activating group) is 1. The fourth-order valence-electron chi connectivity index (χ4n) is 0.773. The quantitative estimate of drug-likeness (QED) is 0.497. The molecule has 0 aromatic carbocycles. The third-order valence-corrected chi connectivity index (χ3v) is 1.52. The van der Waals surface area contributed by atoms with Crippen LogP contribution < -0.4 is 0 Å². The van der Waals surface area contributed by atoms with Crippen LogP contribution in [0.5, 0.6) is 0 Å². The Morgan fingerprint density at radius 2 is 1.78 bits per heavy atom. The molecule has 0 radical (unpaired) electrons. The van der Waals surface area contributed by atoms with E-state index < -0.39 is 0 Å². The molecule has 0 saturated carbocycles. The molecule has 54 valence electrons. The Balaban J connectivity index is 2.23. The number of nitrogens with zero attached hydrogens (tertiary/aromatic N) is 1. The summed E-state index contributed by atoms with van der Waals surface area (Å²) >= 11 is 0. The van der Waals surface area contributed by atoms with Crippen molar-refractivity contribution in [3.63, 3.8) is 0 Å². The van der Waals surface area contributed by atoms with Gasteiger partial charge in [0.1, 0.15) is 6.79 Å². The minimum Gasteiger partial charge on any atom is -0.354 e. The van der Waals surface area contributed by atoms with Gasteiger partial charge in [-0.05, 0) is 14.1 Å². The Hall–Kier alpha value is -0.120. The van der Waals surface area contributed by atoms with Crippen LogP contribution in [-0.4, -0.2) is 45.0 Å². The van der Waals surface area contributed by atoms with Crippen molar-refractivity contribution in [1.82, 2.24) is 4.90 Å². The molecule has 1 aliphatic heterocycles. The molecular formula is C6H13NO2. The summed E-state index contributed by atoms with van der Waals surface area (Å²) in [6.45, 7) is 2.06. The third-order valence-electron chi connectivity index (χ3n) is 1.52. The Bertz CT molecular complexity index is 79.1. The molecule has 3 heteroatoms. The number of rotatable bonds is 1.